The Balaban J connectivity index is 1.99. The van der Waals surface area contributed by atoms with E-state index in [-0.39, 0.29) is 17.3 Å². The van der Waals surface area contributed by atoms with E-state index in [0.717, 1.165) is 0 Å². The maximum atomic E-state index is 13.1. The maximum absolute atomic E-state index is 13.1. The van der Waals surface area contributed by atoms with Gasteiger partial charge in [0.05, 0.1) is 5.56 Å². The molecule has 19 heavy (non-hydrogen) atoms. The Hall–Kier alpha value is -2.76. The third-order valence-electron chi connectivity index (χ3n) is 2.54. The van der Waals surface area contributed by atoms with Crippen molar-refractivity contribution in [1.29, 1.82) is 0 Å². The first-order valence-corrected chi connectivity index (χ1v) is 5.51. The van der Waals surface area contributed by atoms with Gasteiger partial charge in [0.15, 0.2) is 0 Å². The molecule has 0 saturated carbocycles. The molecule has 94 valence electrons. The molecule has 0 aliphatic carbocycles. The number of H-pyrrole nitrogens is 1. The van der Waals surface area contributed by atoms with E-state index in [1.54, 1.807) is 18.2 Å². The Kier molecular flexibility index (Phi) is 2.68. The average molecular weight is 257 g/mol. The van der Waals surface area contributed by atoms with Crippen molar-refractivity contribution in [3.8, 4) is 22.8 Å². The van der Waals surface area contributed by atoms with Gasteiger partial charge >= 0.3 is 0 Å². The van der Waals surface area contributed by atoms with Crippen molar-refractivity contribution < 1.29 is 8.91 Å². The van der Waals surface area contributed by atoms with Crippen molar-refractivity contribution in [2.45, 2.75) is 0 Å². The minimum atomic E-state index is -0.368. The van der Waals surface area contributed by atoms with Crippen LogP contribution in [-0.2, 0) is 0 Å². The summed E-state index contributed by atoms with van der Waals surface area (Å²) >= 11 is 0. The van der Waals surface area contributed by atoms with Crippen LogP contribution in [-0.4, -0.2) is 15.1 Å². The second kappa shape index (κ2) is 4.49. The molecule has 0 radical (unpaired) electrons. The number of nitrogens with one attached hydrogen (secondary N) is 1. The lowest BCUT2D eigenvalue weighted by Crippen LogP contribution is -2.01. The van der Waals surface area contributed by atoms with Gasteiger partial charge in [-0.3, -0.25) is 4.79 Å². The molecule has 0 aliphatic heterocycles. The summed E-state index contributed by atoms with van der Waals surface area (Å²) in [5, 5.41) is 3.78. The van der Waals surface area contributed by atoms with Gasteiger partial charge in [-0.2, -0.15) is 4.98 Å². The number of hydrogen-bond donors (Lipinski definition) is 1. The molecule has 0 spiro atoms. The van der Waals surface area contributed by atoms with Crippen LogP contribution in [0, 0.1) is 5.82 Å². The molecule has 5 nitrogen and oxygen atoms in total. The molecule has 2 heterocycles. The fourth-order valence-corrected chi connectivity index (χ4v) is 1.63. The molecule has 0 fully saturated rings. The van der Waals surface area contributed by atoms with E-state index < -0.39 is 0 Å². The van der Waals surface area contributed by atoms with Gasteiger partial charge in [-0.05, 0) is 18.2 Å². The zero-order chi connectivity index (χ0) is 13.2. The summed E-state index contributed by atoms with van der Waals surface area (Å²) < 4.78 is 18.2. The first kappa shape index (κ1) is 11.3. The maximum Gasteiger partial charge on any atom is 0.259 e. The van der Waals surface area contributed by atoms with Gasteiger partial charge in [0, 0.05) is 17.8 Å². The number of aromatic nitrogens is 3. The number of hydrogen-bond acceptors (Lipinski definition) is 4. The Bertz CT molecular complexity index is 759. The highest BCUT2D eigenvalue weighted by Gasteiger charge is 2.10. The highest BCUT2D eigenvalue weighted by Crippen LogP contribution is 2.21. The lowest BCUT2D eigenvalue weighted by molar-refractivity contribution is 0.432. The van der Waals surface area contributed by atoms with Crippen LogP contribution in [0.25, 0.3) is 22.8 Å². The van der Waals surface area contributed by atoms with E-state index in [4.69, 9.17) is 4.52 Å². The summed E-state index contributed by atoms with van der Waals surface area (Å²) in [5.74, 6) is 0.184. The molecule has 3 rings (SSSR count). The van der Waals surface area contributed by atoms with Gasteiger partial charge in [0.1, 0.15) is 5.82 Å². The van der Waals surface area contributed by atoms with E-state index >= 15 is 0 Å². The highest BCUT2D eigenvalue weighted by molar-refractivity contribution is 5.58. The van der Waals surface area contributed by atoms with E-state index in [0.29, 0.717) is 17.0 Å². The van der Waals surface area contributed by atoms with E-state index in [2.05, 4.69) is 15.1 Å². The summed E-state index contributed by atoms with van der Waals surface area (Å²) in [5.41, 5.74) is 0.905. The van der Waals surface area contributed by atoms with Crippen molar-refractivity contribution in [2.75, 3.05) is 0 Å². The first-order valence-electron chi connectivity index (χ1n) is 5.51. The van der Waals surface area contributed by atoms with E-state index in [9.17, 15) is 9.18 Å². The zero-order valence-electron chi connectivity index (χ0n) is 9.63. The minimum absolute atomic E-state index is 0.214. The van der Waals surface area contributed by atoms with Crippen LogP contribution in [0.1, 0.15) is 0 Å². The largest absolute Gasteiger partial charge is 0.334 e. The second-order valence-corrected chi connectivity index (χ2v) is 3.88. The number of benzene rings is 1. The zero-order valence-corrected chi connectivity index (χ0v) is 9.63. The molecule has 0 amide bonds. The van der Waals surface area contributed by atoms with Crippen molar-refractivity contribution in [1.82, 2.24) is 15.1 Å². The normalized spacial score (nSPS) is 10.6. The smallest absolute Gasteiger partial charge is 0.259 e. The number of rotatable bonds is 2. The Morgan fingerprint density at radius 3 is 2.79 bits per heavy atom. The molecule has 2 aromatic heterocycles. The molecule has 0 unspecified atom stereocenters. The molecule has 3 aromatic rings. The molecular weight excluding hydrogens is 249 g/mol. The minimum Gasteiger partial charge on any atom is -0.334 e. The van der Waals surface area contributed by atoms with Crippen molar-refractivity contribution in [3.05, 3.63) is 58.8 Å². The van der Waals surface area contributed by atoms with Gasteiger partial charge in [-0.15, -0.1) is 0 Å². The van der Waals surface area contributed by atoms with E-state index in [1.807, 2.05) is 0 Å². The summed E-state index contributed by atoms with van der Waals surface area (Å²) in [6.07, 6.45) is 1.48. The lowest BCUT2D eigenvalue weighted by Gasteiger charge is -1.93. The molecular formula is C13H8FN3O2. The van der Waals surface area contributed by atoms with Crippen LogP contribution in [0.4, 0.5) is 4.39 Å². The van der Waals surface area contributed by atoms with Crippen molar-refractivity contribution >= 4 is 0 Å². The lowest BCUT2D eigenvalue weighted by atomic mass is 10.2. The third-order valence-corrected chi connectivity index (χ3v) is 2.54. The summed E-state index contributed by atoms with van der Waals surface area (Å²) in [6.45, 7) is 0. The van der Waals surface area contributed by atoms with Gasteiger partial charge < -0.3 is 9.51 Å². The number of nitrogens with zero attached hydrogens (tertiary/aromatic N) is 2. The number of halogens is 1. The SMILES string of the molecule is O=c1ccc(-c2nc(-c3cccc(F)c3)no2)c[nH]1. The summed E-state index contributed by atoms with van der Waals surface area (Å²) in [6, 6.07) is 8.85. The topological polar surface area (TPSA) is 71.8 Å². The number of pyridine rings is 1. The fraction of sp³-hybridized carbons (Fsp3) is 0. The monoisotopic (exact) mass is 257 g/mol. The van der Waals surface area contributed by atoms with Gasteiger partial charge in [0.25, 0.3) is 5.89 Å². The first-order chi connectivity index (χ1) is 9.22. The number of aromatic amines is 1. The summed E-state index contributed by atoms with van der Waals surface area (Å²) in [4.78, 5) is 17.6. The second-order valence-electron chi connectivity index (χ2n) is 3.88. The van der Waals surface area contributed by atoms with Gasteiger partial charge in [0.2, 0.25) is 11.4 Å². The quantitative estimate of drug-likeness (QED) is 0.764. The molecule has 0 saturated heterocycles. The fourth-order valence-electron chi connectivity index (χ4n) is 1.63. The molecule has 0 bridgehead atoms. The average Bonchev–Trinajstić information content (AvgIpc) is 2.89. The van der Waals surface area contributed by atoms with Crippen molar-refractivity contribution in [2.24, 2.45) is 0 Å². The Labute approximate surface area is 106 Å². The van der Waals surface area contributed by atoms with E-state index in [1.165, 1.54) is 24.4 Å². The molecule has 6 heteroatoms. The van der Waals surface area contributed by atoms with Crippen LogP contribution in [0.5, 0.6) is 0 Å². The van der Waals surface area contributed by atoms with Crippen LogP contribution in [0.15, 0.2) is 51.9 Å². The predicted octanol–water partition coefficient (Wildman–Crippen LogP) is 2.23. The summed E-state index contributed by atoms with van der Waals surface area (Å²) in [7, 11) is 0. The Morgan fingerprint density at radius 1 is 1.16 bits per heavy atom. The molecule has 0 atom stereocenters. The van der Waals surface area contributed by atoms with Crippen LogP contribution in [0.2, 0.25) is 0 Å². The third kappa shape index (κ3) is 2.28. The van der Waals surface area contributed by atoms with Crippen LogP contribution >= 0.6 is 0 Å². The van der Waals surface area contributed by atoms with Crippen LogP contribution in [0.3, 0.4) is 0 Å². The van der Waals surface area contributed by atoms with Crippen molar-refractivity contribution in [3.63, 3.8) is 0 Å². The molecule has 1 aromatic carbocycles. The van der Waals surface area contributed by atoms with Gasteiger partial charge in [-0.1, -0.05) is 17.3 Å². The Morgan fingerprint density at radius 2 is 2.05 bits per heavy atom. The predicted molar refractivity (Wildman–Crippen MR) is 65.7 cm³/mol. The highest BCUT2D eigenvalue weighted by atomic mass is 19.1. The van der Waals surface area contributed by atoms with Gasteiger partial charge in [-0.25, -0.2) is 4.39 Å². The molecule has 1 N–H and O–H groups in total. The van der Waals surface area contributed by atoms with Crippen LogP contribution < -0.4 is 5.56 Å². The standard InChI is InChI=1S/C13H8FN3O2/c14-10-3-1-2-8(6-10)12-16-13(19-17-12)9-4-5-11(18)15-7-9/h1-7H,(H,15,18). The molecule has 0 aliphatic rings.